The van der Waals surface area contributed by atoms with Crippen LogP contribution in [0.25, 0.3) is 0 Å². The fourth-order valence-corrected chi connectivity index (χ4v) is 3.37. The highest BCUT2D eigenvalue weighted by Gasteiger charge is 2.55. The summed E-state index contributed by atoms with van der Waals surface area (Å²) < 4.78 is 4.63. The Morgan fingerprint density at radius 1 is 1.57 bits per heavy atom. The van der Waals surface area contributed by atoms with E-state index < -0.39 is 35.3 Å². The van der Waals surface area contributed by atoms with E-state index in [1.165, 1.54) is 23.6 Å². The number of thioether (sulfide) groups is 1. The summed E-state index contributed by atoms with van der Waals surface area (Å²) in [5.41, 5.74) is 5.41. The van der Waals surface area contributed by atoms with Gasteiger partial charge in [-0.25, -0.2) is 4.79 Å². The van der Waals surface area contributed by atoms with E-state index in [0.717, 1.165) is 0 Å². The molecule has 5 N–H and O–H groups in total. The molecule has 0 aromatic rings. The fourth-order valence-electron chi connectivity index (χ4n) is 2.01. The molecular weight excluding hydrogens is 302 g/mol. The van der Waals surface area contributed by atoms with Crippen molar-refractivity contribution in [1.82, 2.24) is 10.2 Å². The van der Waals surface area contributed by atoms with Crippen LogP contribution in [0.4, 0.5) is 4.79 Å². The van der Waals surface area contributed by atoms with Gasteiger partial charge < -0.3 is 26.0 Å². The highest BCUT2D eigenvalue weighted by Crippen LogP contribution is 2.49. The number of nitrogens with two attached hydrogens (primary N) is 1. The molecule has 10 heteroatoms. The van der Waals surface area contributed by atoms with Crippen LogP contribution in [-0.2, 0) is 14.3 Å². The molecule has 9 nitrogen and oxygen atoms in total. The first-order valence-electron chi connectivity index (χ1n) is 6.14. The Morgan fingerprint density at radius 2 is 2.24 bits per heavy atom. The first kappa shape index (κ1) is 15.6. The van der Waals surface area contributed by atoms with Gasteiger partial charge in [-0.2, -0.15) is 0 Å². The van der Waals surface area contributed by atoms with E-state index in [0.29, 0.717) is 4.91 Å². The number of rotatable bonds is 5. The third-order valence-electron chi connectivity index (χ3n) is 3.09. The topological polar surface area (TPSA) is 142 Å². The highest BCUT2D eigenvalue weighted by molar-refractivity contribution is 8.04. The number of aliphatic hydroxyl groups excluding tert-OH is 1. The summed E-state index contributed by atoms with van der Waals surface area (Å²) in [7, 11) is 0. The molecule has 1 fully saturated rings. The zero-order valence-corrected chi connectivity index (χ0v) is 11.9. The van der Waals surface area contributed by atoms with E-state index in [9.17, 15) is 14.4 Å². The number of carboxylic acid groups (broad SMARTS) is 1. The van der Waals surface area contributed by atoms with Crippen LogP contribution in [0.15, 0.2) is 10.8 Å². The molecule has 0 unspecified atom stereocenters. The lowest BCUT2D eigenvalue weighted by atomic mass is 10.00. The largest absolute Gasteiger partial charge is 0.512 e. The number of nitrogens with one attached hydrogen (secondary N) is 1. The van der Waals surface area contributed by atoms with Crippen molar-refractivity contribution in [2.75, 3.05) is 13.2 Å². The first-order valence-corrected chi connectivity index (χ1v) is 7.02. The van der Waals surface area contributed by atoms with Crippen molar-refractivity contribution < 1.29 is 29.3 Å². The van der Waals surface area contributed by atoms with Gasteiger partial charge in [0.25, 0.3) is 0 Å². The molecule has 0 aliphatic carbocycles. The quantitative estimate of drug-likeness (QED) is 0.367. The maximum atomic E-state index is 11.8. The third-order valence-corrected chi connectivity index (χ3v) is 4.48. The Kier molecular flexibility index (Phi) is 4.40. The van der Waals surface area contributed by atoms with Crippen LogP contribution in [-0.4, -0.2) is 57.7 Å². The van der Waals surface area contributed by atoms with Gasteiger partial charge in [-0.05, 0) is 6.92 Å². The molecule has 0 spiro atoms. The van der Waals surface area contributed by atoms with Gasteiger partial charge in [0.15, 0.2) is 0 Å². The van der Waals surface area contributed by atoms with Crippen molar-refractivity contribution in [1.29, 1.82) is 0 Å². The second-order valence-electron chi connectivity index (χ2n) is 4.61. The smallest absolute Gasteiger partial charge is 0.449 e. The van der Waals surface area contributed by atoms with Gasteiger partial charge in [0.1, 0.15) is 5.37 Å². The van der Waals surface area contributed by atoms with Gasteiger partial charge >= 0.3 is 6.16 Å². The molecule has 2 amide bonds. The molecule has 0 radical (unpaired) electrons. The lowest BCUT2D eigenvalue weighted by Gasteiger charge is -2.40. The molecule has 2 aliphatic rings. The molecule has 1 saturated heterocycles. The van der Waals surface area contributed by atoms with Gasteiger partial charge in [0.2, 0.25) is 17.7 Å². The summed E-state index contributed by atoms with van der Waals surface area (Å²) in [5.74, 6) is -1.52. The van der Waals surface area contributed by atoms with Gasteiger partial charge in [-0.15, -0.1) is 0 Å². The lowest BCUT2D eigenvalue weighted by Crippen LogP contribution is -2.58. The van der Waals surface area contributed by atoms with Crippen LogP contribution in [0.1, 0.15) is 6.92 Å². The van der Waals surface area contributed by atoms with E-state index in [4.69, 9.17) is 15.9 Å². The SMILES string of the molecule is C[C@H](N)C(=O)NCC1=C(OC(=O)O)N2C(=O)[C@H](CO)[C@H]2S1. The van der Waals surface area contributed by atoms with Crippen molar-refractivity contribution >= 4 is 29.7 Å². The van der Waals surface area contributed by atoms with E-state index in [-0.39, 0.29) is 19.0 Å². The van der Waals surface area contributed by atoms with E-state index in [1.807, 2.05) is 0 Å². The number of fused-ring (bicyclic) bond motifs is 1. The maximum absolute atomic E-state index is 11.8. The average Bonchev–Trinajstić information content (AvgIpc) is 2.69. The third kappa shape index (κ3) is 2.82. The van der Waals surface area contributed by atoms with E-state index >= 15 is 0 Å². The van der Waals surface area contributed by atoms with Gasteiger partial charge in [-0.3, -0.25) is 14.5 Å². The van der Waals surface area contributed by atoms with Gasteiger partial charge in [0.05, 0.1) is 30.0 Å². The maximum Gasteiger partial charge on any atom is 0.512 e. The summed E-state index contributed by atoms with van der Waals surface area (Å²) in [5, 5.41) is 20.0. The van der Waals surface area contributed by atoms with E-state index in [1.54, 1.807) is 0 Å². The van der Waals surface area contributed by atoms with Crippen LogP contribution in [0, 0.1) is 5.92 Å². The average molecular weight is 317 g/mol. The fraction of sp³-hybridized carbons (Fsp3) is 0.545. The lowest BCUT2D eigenvalue weighted by molar-refractivity contribution is -0.151. The van der Waals surface area contributed by atoms with Crippen LogP contribution < -0.4 is 11.1 Å². The Morgan fingerprint density at radius 3 is 2.76 bits per heavy atom. The number of amides is 2. The summed E-state index contributed by atoms with van der Waals surface area (Å²) in [6, 6.07) is -0.704. The standard InChI is InChI=1S/C11H15N3O6S/c1-4(12)7(16)13-2-6-9(20-11(18)19)14-8(17)5(3-15)10(14)21-6/h4-5,10,15H,2-3,12H2,1H3,(H,13,16)(H,18,19)/t4-,5-,10+/m0/s1. The molecular formula is C11H15N3O6S. The van der Waals surface area contributed by atoms with Crippen molar-refractivity contribution in [3.63, 3.8) is 0 Å². The Bertz CT molecular complexity index is 520. The minimum Gasteiger partial charge on any atom is -0.449 e. The van der Waals surface area contributed by atoms with Crippen molar-refractivity contribution in [3.8, 4) is 0 Å². The Labute approximate surface area is 124 Å². The summed E-state index contributed by atoms with van der Waals surface area (Å²) in [6.07, 6.45) is -1.55. The second-order valence-corrected chi connectivity index (χ2v) is 5.82. The molecule has 0 bridgehead atoms. The van der Waals surface area contributed by atoms with Crippen molar-refractivity contribution in [3.05, 3.63) is 10.8 Å². The number of β-lactam (4-membered cyclic amide) rings is 1. The van der Waals surface area contributed by atoms with Crippen LogP contribution in [0.2, 0.25) is 0 Å². The van der Waals surface area contributed by atoms with E-state index in [2.05, 4.69) is 10.1 Å². The first-order chi connectivity index (χ1) is 9.86. The predicted molar refractivity (Wildman–Crippen MR) is 71.6 cm³/mol. The Hall–Kier alpha value is -1.78. The van der Waals surface area contributed by atoms with Gasteiger partial charge in [-0.1, -0.05) is 11.8 Å². The summed E-state index contributed by atoms with van der Waals surface area (Å²) in [4.78, 5) is 35.5. The molecule has 0 aromatic carbocycles. The number of carbonyl (C=O) groups is 3. The molecule has 2 heterocycles. The minimum atomic E-state index is -1.55. The minimum absolute atomic E-state index is 0.00603. The molecule has 0 saturated carbocycles. The zero-order valence-electron chi connectivity index (χ0n) is 11.1. The van der Waals surface area contributed by atoms with Crippen molar-refractivity contribution in [2.24, 2.45) is 11.7 Å². The van der Waals surface area contributed by atoms with Crippen LogP contribution in [0.3, 0.4) is 0 Å². The molecule has 2 aliphatic heterocycles. The number of aliphatic hydroxyl groups is 1. The summed E-state index contributed by atoms with van der Waals surface area (Å²) in [6.45, 7) is 1.19. The summed E-state index contributed by atoms with van der Waals surface area (Å²) >= 11 is 1.18. The molecule has 21 heavy (non-hydrogen) atoms. The number of hydrogen-bond donors (Lipinski definition) is 4. The molecule has 116 valence electrons. The van der Waals surface area contributed by atoms with Crippen LogP contribution >= 0.6 is 11.8 Å². The predicted octanol–water partition coefficient (Wildman–Crippen LogP) is -1.16. The highest BCUT2D eigenvalue weighted by atomic mass is 32.2. The molecule has 2 rings (SSSR count). The number of hydrogen-bond acceptors (Lipinski definition) is 7. The van der Waals surface area contributed by atoms with Gasteiger partial charge in [0, 0.05) is 0 Å². The number of ether oxygens (including phenoxy) is 1. The molecule has 0 aromatic heterocycles. The normalized spacial score (nSPS) is 25.3. The second kappa shape index (κ2) is 5.92. The number of carbonyl (C=O) groups excluding carboxylic acids is 2. The van der Waals surface area contributed by atoms with Crippen LogP contribution in [0.5, 0.6) is 0 Å². The van der Waals surface area contributed by atoms with Crippen molar-refractivity contribution in [2.45, 2.75) is 18.3 Å². The number of nitrogens with zero attached hydrogens (tertiary/aromatic N) is 1. The Balaban J connectivity index is 2.12. The zero-order chi connectivity index (χ0) is 15.7. The molecule has 3 atom stereocenters. The monoisotopic (exact) mass is 317 g/mol.